The van der Waals surface area contributed by atoms with Gasteiger partial charge >= 0.3 is 0 Å². The monoisotopic (exact) mass is 324 g/mol. The smallest absolute Gasteiger partial charge is 0.168 e. The first kappa shape index (κ1) is 16.6. The Balaban J connectivity index is 2.10. The van der Waals surface area contributed by atoms with Crippen molar-refractivity contribution >= 4 is 6.29 Å². The van der Waals surface area contributed by atoms with Crippen LogP contribution in [0.3, 0.4) is 0 Å². The van der Waals surface area contributed by atoms with E-state index < -0.39 is 0 Å². The summed E-state index contributed by atoms with van der Waals surface area (Å²) in [5.41, 5.74) is 5.36. The summed E-state index contributed by atoms with van der Waals surface area (Å²) in [7, 11) is 0. The topological polar surface area (TPSA) is 57.5 Å². The fourth-order valence-electron chi connectivity index (χ4n) is 3.80. The summed E-state index contributed by atoms with van der Waals surface area (Å²) in [5.74, 6) is -0.307. The summed E-state index contributed by atoms with van der Waals surface area (Å²) < 4.78 is 0. The third kappa shape index (κ3) is 2.48. The molecule has 0 aliphatic heterocycles. The number of aromatic hydroxyl groups is 2. The van der Waals surface area contributed by atoms with Gasteiger partial charge in [0.1, 0.15) is 0 Å². The molecule has 0 aromatic heterocycles. The third-order valence-corrected chi connectivity index (χ3v) is 5.22. The first-order valence-electron chi connectivity index (χ1n) is 8.38. The van der Waals surface area contributed by atoms with Crippen molar-refractivity contribution < 1.29 is 15.0 Å². The number of hydrogen-bond donors (Lipinski definition) is 2. The van der Waals surface area contributed by atoms with Crippen molar-refractivity contribution in [1.29, 1.82) is 0 Å². The zero-order valence-corrected chi connectivity index (χ0v) is 14.7. The molecule has 2 aromatic rings. The van der Waals surface area contributed by atoms with Crippen LogP contribution in [0.5, 0.6) is 11.5 Å². The molecule has 0 bridgehead atoms. The Morgan fingerprint density at radius 2 is 1.71 bits per heavy atom. The van der Waals surface area contributed by atoms with Crippen LogP contribution in [0.1, 0.15) is 71.3 Å². The second kappa shape index (κ2) is 5.66. The van der Waals surface area contributed by atoms with E-state index in [1.54, 1.807) is 0 Å². The fraction of sp³-hybridized carbons (Fsp3) is 0.381. The van der Waals surface area contributed by atoms with Crippen molar-refractivity contribution in [1.82, 2.24) is 0 Å². The number of hydrogen-bond acceptors (Lipinski definition) is 3. The van der Waals surface area contributed by atoms with Gasteiger partial charge in [-0.2, -0.15) is 0 Å². The molecule has 3 nitrogen and oxygen atoms in total. The Kier molecular flexibility index (Phi) is 3.90. The third-order valence-electron chi connectivity index (χ3n) is 5.22. The summed E-state index contributed by atoms with van der Waals surface area (Å²) in [6, 6.07) is 8.60. The van der Waals surface area contributed by atoms with E-state index in [0.29, 0.717) is 11.8 Å². The molecule has 126 valence electrons. The zero-order valence-electron chi connectivity index (χ0n) is 14.7. The van der Waals surface area contributed by atoms with E-state index in [9.17, 15) is 15.0 Å². The highest BCUT2D eigenvalue weighted by Crippen LogP contribution is 2.48. The molecule has 1 unspecified atom stereocenters. The summed E-state index contributed by atoms with van der Waals surface area (Å²) in [6.07, 6.45) is 2.27. The minimum absolute atomic E-state index is 0.108. The molecule has 0 heterocycles. The van der Waals surface area contributed by atoms with Crippen molar-refractivity contribution in [3.8, 4) is 11.5 Å². The Morgan fingerprint density at radius 3 is 2.25 bits per heavy atom. The van der Waals surface area contributed by atoms with Gasteiger partial charge in [0, 0.05) is 5.92 Å². The largest absolute Gasteiger partial charge is 0.504 e. The lowest BCUT2D eigenvalue weighted by atomic mass is 9.84. The number of aldehydes is 1. The van der Waals surface area contributed by atoms with Crippen molar-refractivity contribution in [2.24, 2.45) is 0 Å². The number of phenols is 2. The summed E-state index contributed by atoms with van der Waals surface area (Å²) in [4.78, 5) is 11.4. The standard InChI is InChI=1S/C21H24O3/c1-12-18-15(13-5-7-14(8-6-13)21(2,3)4)9-10-16(18)17(11-22)20(24)19(12)23/h5-8,11,15,23-24H,9-10H2,1-4H3. The van der Waals surface area contributed by atoms with E-state index in [-0.39, 0.29) is 28.4 Å². The maximum Gasteiger partial charge on any atom is 0.168 e. The number of phenolic OH excluding ortho intramolecular Hbond substituents is 2. The number of carbonyl (C=O) groups excluding carboxylic acids is 1. The SMILES string of the molecule is Cc1c(O)c(O)c(C=O)c2c1C(c1ccc(C(C)(C)C)cc1)CC2. The van der Waals surface area contributed by atoms with Crippen LogP contribution in [0.25, 0.3) is 0 Å². The highest BCUT2D eigenvalue weighted by atomic mass is 16.3. The van der Waals surface area contributed by atoms with Gasteiger partial charge in [0.05, 0.1) is 5.56 Å². The maximum absolute atomic E-state index is 11.4. The lowest BCUT2D eigenvalue weighted by Gasteiger charge is -2.21. The molecule has 24 heavy (non-hydrogen) atoms. The van der Waals surface area contributed by atoms with Gasteiger partial charge in [-0.1, -0.05) is 45.0 Å². The van der Waals surface area contributed by atoms with Gasteiger partial charge in [0.15, 0.2) is 17.8 Å². The van der Waals surface area contributed by atoms with Gasteiger partial charge in [-0.25, -0.2) is 0 Å². The quantitative estimate of drug-likeness (QED) is 0.627. The average Bonchev–Trinajstić information content (AvgIpc) is 2.97. The summed E-state index contributed by atoms with van der Waals surface area (Å²) >= 11 is 0. The minimum Gasteiger partial charge on any atom is -0.504 e. The van der Waals surface area contributed by atoms with Crippen LogP contribution in [-0.2, 0) is 11.8 Å². The highest BCUT2D eigenvalue weighted by Gasteiger charge is 2.32. The summed E-state index contributed by atoms with van der Waals surface area (Å²) in [5, 5.41) is 20.2. The number of carbonyl (C=O) groups is 1. The normalized spacial score (nSPS) is 16.9. The molecule has 3 heteroatoms. The molecule has 2 N–H and O–H groups in total. The molecular weight excluding hydrogens is 300 g/mol. The van der Waals surface area contributed by atoms with Crippen LogP contribution in [0, 0.1) is 6.92 Å². The van der Waals surface area contributed by atoms with Gasteiger partial charge < -0.3 is 10.2 Å². The van der Waals surface area contributed by atoms with E-state index >= 15 is 0 Å². The molecule has 0 radical (unpaired) electrons. The summed E-state index contributed by atoms with van der Waals surface area (Å²) in [6.45, 7) is 8.38. The van der Waals surface area contributed by atoms with Crippen LogP contribution in [0.15, 0.2) is 24.3 Å². The number of benzene rings is 2. The van der Waals surface area contributed by atoms with E-state index in [4.69, 9.17) is 0 Å². The molecule has 0 saturated heterocycles. The molecule has 2 aromatic carbocycles. The molecule has 0 fully saturated rings. The Morgan fingerprint density at radius 1 is 1.08 bits per heavy atom. The molecule has 1 aliphatic rings. The van der Waals surface area contributed by atoms with Crippen LogP contribution in [0.4, 0.5) is 0 Å². The van der Waals surface area contributed by atoms with Crippen LogP contribution in [-0.4, -0.2) is 16.5 Å². The minimum atomic E-state index is -0.287. The predicted molar refractivity (Wildman–Crippen MR) is 95.2 cm³/mol. The number of fused-ring (bicyclic) bond motifs is 1. The van der Waals surface area contributed by atoms with Crippen molar-refractivity contribution in [3.05, 3.63) is 57.6 Å². The van der Waals surface area contributed by atoms with Crippen LogP contribution in [0.2, 0.25) is 0 Å². The van der Waals surface area contributed by atoms with Gasteiger partial charge in [0.2, 0.25) is 0 Å². The number of rotatable bonds is 2. The van der Waals surface area contributed by atoms with Gasteiger partial charge in [0.25, 0.3) is 0 Å². The molecule has 1 aliphatic carbocycles. The maximum atomic E-state index is 11.4. The van der Waals surface area contributed by atoms with E-state index in [0.717, 1.165) is 24.0 Å². The van der Waals surface area contributed by atoms with Gasteiger partial charge in [-0.15, -0.1) is 0 Å². The second-order valence-electron chi connectivity index (χ2n) is 7.71. The Labute approximate surface area is 143 Å². The molecular formula is C21H24O3. The Hall–Kier alpha value is -2.29. The predicted octanol–water partition coefficient (Wildman–Crippen LogP) is 4.59. The fourth-order valence-corrected chi connectivity index (χ4v) is 3.80. The average molecular weight is 324 g/mol. The first-order chi connectivity index (χ1) is 11.3. The lowest BCUT2D eigenvalue weighted by molar-refractivity contribution is 0.111. The van der Waals surface area contributed by atoms with Crippen molar-refractivity contribution in [2.45, 2.75) is 51.9 Å². The van der Waals surface area contributed by atoms with Crippen molar-refractivity contribution in [3.63, 3.8) is 0 Å². The van der Waals surface area contributed by atoms with E-state index in [1.807, 2.05) is 6.92 Å². The molecule has 0 amide bonds. The highest BCUT2D eigenvalue weighted by molar-refractivity contribution is 5.86. The molecule has 3 rings (SSSR count). The van der Waals surface area contributed by atoms with Crippen molar-refractivity contribution in [2.75, 3.05) is 0 Å². The lowest BCUT2D eigenvalue weighted by Crippen LogP contribution is -2.11. The van der Waals surface area contributed by atoms with E-state index in [1.165, 1.54) is 11.1 Å². The van der Waals surface area contributed by atoms with Gasteiger partial charge in [-0.3, -0.25) is 4.79 Å². The molecule has 0 spiro atoms. The van der Waals surface area contributed by atoms with Gasteiger partial charge in [-0.05, 0) is 53.0 Å². The van der Waals surface area contributed by atoms with Crippen LogP contribution >= 0.6 is 0 Å². The van der Waals surface area contributed by atoms with E-state index in [2.05, 4.69) is 45.0 Å². The molecule has 0 saturated carbocycles. The second-order valence-corrected chi connectivity index (χ2v) is 7.71. The molecule has 1 atom stereocenters. The first-order valence-corrected chi connectivity index (χ1v) is 8.38. The Bertz CT molecular complexity index is 796. The van der Waals surface area contributed by atoms with Crippen LogP contribution < -0.4 is 0 Å². The zero-order chi connectivity index (χ0) is 17.6.